The van der Waals surface area contributed by atoms with Gasteiger partial charge in [-0.3, -0.25) is 0 Å². The number of phenols is 1. The average Bonchev–Trinajstić information content (AvgIpc) is 2.82. The summed E-state index contributed by atoms with van der Waals surface area (Å²) < 4.78 is 2.13. The van der Waals surface area contributed by atoms with Gasteiger partial charge in [-0.05, 0) is 55.1 Å². The summed E-state index contributed by atoms with van der Waals surface area (Å²) in [5.74, 6) is 0.282. The number of aryl methyl sites for hydroxylation is 3. The minimum absolute atomic E-state index is 0.282. The molecule has 1 N–H and O–H groups in total. The van der Waals surface area contributed by atoms with Gasteiger partial charge in [-0.2, -0.15) is 0 Å². The van der Waals surface area contributed by atoms with Gasteiger partial charge in [-0.1, -0.05) is 0 Å². The Bertz CT molecular complexity index is 1030. The second kappa shape index (κ2) is 3.98. The van der Waals surface area contributed by atoms with Crippen molar-refractivity contribution >= 4 is 32.6 Å². The predicted molar refractivity (Wildman–Crippen MR) is 86.9 cm³/mol. The number of phenolic OH excluding ortho intramolecular Hbond substituents is 1. The van der Waals surface area contributed by atoms with Gasteiger partial charge >= 0.3 is 0 Å². The molecule has 3 heteroatoms. The van der Waals surface area contributed by atoms with Crippen LogP contribution in [0.25, 0.3) is 32.6 Å². The maximum Gasteiger partial charge on any atom is 0.116 e. The van der Waals surface area contributed by atoms with Gasteiger partial charge in [-0.25, -0.2) is 4.98 Å². The molecule has 0 spiro atoms. The summed E-state index contributed by atoms with van der Waals surface area (Å²) in [6.45, 7) is 4.25. The number of hydrogen-bond donors (Lipinski definition) is 1. The Hall–Kier alpha value is -2.55. The van der Waals surface area contributed by atoms with E-state index in [1.54, 1.807) is 12.1 Å². The highest BCUT2D eigenvalue weighted by atomic mass is 16.3. The second-order valence-electron chi connectivity index (χ2n) is 5.68. The lowest BCUT2D eigenvalue weighted by atomic mass is 10.0. The molecule has 2 aromatic carbocycles. The molecule has 4 aromatic rings. The number of fused-ring (bicyclic) bond motifs is 4. The van der Waals surface area contributed by atoms with Crippen LogP contribution in [0.3, 0.4) is 0 Å². The number of rotatable bonds is 0. The zero-order valence-electron chi connectivity index (χ0n) is 12.3. The van der Waals surface area contributed by atoms with Crippen LogP contribution < -0.4 is 0 Å². The fraction of sp³-hybridized carbons (Fsp3) is 0.167. The molecule has 2 aromatic heterocycles. The molecule has 4 rings (SSSR count). The van der Waals surface area contributed by atoms with Crippen LogP contribution in [0.15, 0.2) is 36.5 Å². The first-order valence-corrected chi connectivity index (χ1v) is 7.04. The quantitative estimate of drug-likeness (QED) is 0.522. The minimum Gasteiger partial charge on any atom is -0.508 e. The maximum atomic E-state index is 9.76. The molecule has 0 aliphatic heterocycles. The first-order chi connectivity index (χ1) is 10.1. The molecule has 21 heavy (non-hydrogen) atoms. The Kier molecular flexibility index (Phi) is 2.31. The van der Waals surface area contributed by atoms with E-state index >= 15 is 0 Å². The Morgan fingerprint density at radius 2 is 1.76 bits per heavy atom. The van der Waals surface area contributed by atoms with Crippen LogP contribution in [-0.2, 0) is 7.05 Å². The van der Waals surface area contributed by atoms with E-state index in [0.29, 0.717) is 0 Å². The van der Waals surface area contributed by atoms with E-state index in [1.807, 2.05) is 6.07 Å². The third kappa shape index (κ3) is 1.57. The van der Waals surface area contributed by atoms with Gasteiger partial charge in [0, 0.05) is 35.1 Å². The third-order valence-electron chi connectivity index (χ3n) is 4.48. The molecule has 0 saturated carbocycles. The fourth-order valence-corrected chi connectivity index (χ4v) is 3.13. The molecule has 0 saturated heterocycles. The van der Waals surface area contributed by atoms with E-state index in [4.69, 9.17) is 4.98 Å². The Morgan fingerprint density at radius 1 is 0.952 bits per heavy atom. The first kappa shape index (κ1) is 12.2. The van der Waals surface area contributed by atoms with Crippen molar-refractivity contribution in [2.75, 3.05) is 0 Å². The zero-order valence-corrected chi connectivity index (χ0v) is 12.3. The molecule has 0 aliphatic rings. The van der Waals surface area contributed by atoms with Gasteiger partial charge in [0.2, 0.25) is 0 Å². The molecular weight excluding hydrogens is 260 g/mol. The van der Waals surface area contributed by atoms with Crippen molar-refractivity contribution < 1.29 is 5.11 Å². The molecule has 0 amide bonds. The SMILES string of the molecule is Cc1c2ccn(C)c(C)c2cc2c1nc1ccc(O)cc12. The first-order valence-electron chi connectivity index (χ1n) is 7.04. The van der Waals surface area contributed by atoms with Crippen molar-refractivity contribution in [2.24, 2.45) is 7.05 Å². The summed E-state index contributed by atoms with van der Waals surface area (Å²) in [6.07, 6.45) is 2.09. The summed E-state index contributed by atoms with van der Waals surface area (Å²) in [7, 11) is 2.06. The summed E-state index contributed by atoms with van der Waals surface area (Å²) in [5, 5.41) is 14.4. The fourth-order valence-electron chi connectivity index (χ4n) is 3.13. The van der Waals surface area contributed by atoms with Crippen LogP contribution in [0.5, 0.6) is 5.75 Å². The highest BCUT2D eigenvalue weighted by molar-refractivity contribution is 6.14. The van der Waals surface area contributed by atoms with Crippen molar-refractivity contribution in [3.05, 3.63) is 47.8 Å². The molecule has 0 aliphatic carbocycles. The summed E-state index contributed by atoms with van der Waals surface area (Å²) in [4.78, 5) is 4.74. The lowest BCUT2D eigenvalue weighted by Gasteiger charge is -2.11. The normalized spacial score (nSPS) is 11.8. The van der Waals surface area contributed by atoms with Crippen LogP contribution in [-0.4, -0.2) is 14.7 Å². The van der Waals surface area contributed by atoms with Crippen molar-refractivity contribution in [3.8, 4) is 5.75 Å². The molecule has 0 unspecified atom stereocenters. The van der Waals surface area contributed by atoms with Crippen LogP contribution in [0.2, 0.25) is 0 Å². The van der Waals surface area contributed by atoms with E-state index in [1.165, 1.54) is 22.0 Å². The number of nitrogens with zero attached hydrogens (tertiary/aromatic N) is 2. The standard InChI is InChI=1S/C18H16N2O/c1-10-13-6-7-20(3)11(2)14(13)9-16-15-8-12(21)4-5-17(15)19-18(10)16/h4-9,21H,1-3H3. The van der Waals surface area contributed by atoms with Crippen LogP contribution in [0, 0.1) is 13.8 Å². The molecule has 0 atom stereocenters. The van der Waals surface area contributed by atoms with Gasteiger partial charge in [-0.15, -0.1) is 0 Å². The monoisotopic (exact) mass is 276 g/mol. The third-order valence-corrected chi connectivity index (χ3v) is 4.48. The number of pyridine rings is 1. The molecule has 2 heterocycles. The topological polar surface area (TPSA) is 38.0 Å². The Morgan fingerprint density at radius 3 is 2.57 bits per heavy atom. The van der Waals surface area contributed by atoms with Crippen molar-refractivity contribution in [3.63, 3.8) is 0 Å². The molecule has 104 valence electrons. The molecule has 3 nitrogen and oxygen atoms in total. The van der Waals surface area contributed by atoms with E-state index < -0.39 is 0 Å². The molecule has 0 radical (unpaired) electrons. The largest absolute Gasteiger partial charge is 0.508 e. The highest BCUT2D eigenvalue weighted by Gasteiger charge is 2.13. The van der Waals surface area contributed by atoms with E-state index in [-0.39, 0.29) is 5.75 Å². The van der Waals surface area contributed by atoms with Crippen molar-refractivity contribution in [1.82, 2.24) is 9.55 Å². The van der Waals surface area contributed by atoms with Gasteiger partial charge in [0.1, 0.15) is 5.75 Å². The Balaban J connectivity index is 2.29. The van der Waals surface area contributed by atoms with E-state index in [9.17, 15) is 5.11 Å². The number of aromatic nitrogens is 2. The average molecular weight is 276 g/mol. The number of hydrogen-bond acceptors (Lipinski definition) is 2. The van der Waals surface area contributed by atoms with Gasteiger partial charge < -0.3 is 9.67 Å². The van der Waals surface area contributed by atoms with Gasteiger partial charge in [0.15, 0.2) is 0 Å². The molecule has 0 fully saturated rings. The molecular formula is C18H16N2O. The van der Waals surface area contributed by atoms with Crippen molar-refractivity contribution in [1.29, 1.82) is 0 Å². The second-order valence-corrected chi connectivity index (χ2v) is 5.68. The van der Waals surface area contributed by atoms with Gasteiger partial charge in [0.05, 0.1) is 11.0 Å². The Labute approximate surface area is 122 Å². The van der Waals surface area contributed by atoms with Crippen molar-refractivity contribution in [2.45, 2.75) is 13.8 Å². The zero-order chi connectivity index (χ0) is 14.7. The number of aromatic hydroxyl groups is 1. The molecule has 0 bridgehead atoms. The lowest BCUT2D eigenvalue weighted by molar-refractivity contribution is 0.476. The summed E-state index contributed by atoms with van der Waals surface area (Å²) in [6, 6.07) is 9.71. The lowest BCUT2D eigenvalue weighted by Crippen LogP contribution is -1.97. The minimum atomic E-state index is 0.282. The van der Waals surface area contributed by atoms with Gasteiger partial charge in [0.25, 0.3) is 0 Å². The summed E-state index contributed by atoms with van der Waals surface area (Å²) >= 11 is 0. The van der Waals surface area contributed by atoms with E-state index in [0.717, 1.165) is 21.8 Å². The van der Waals surface area contributed by atoms with Crippen LogP contribution in [0.1, 0.15) is 11.3 Å². The van der Waals surface area contributed by atoms with E-state index in [2.05, 4.69) is 43.8 Å². The highest BCUT2D eigenvalue weighted by Crippen LogP contribution is 2.35. The van der Waals surface area contributed by atoms with Crippen LogP contribution >= 0.6 is 0 Å². The predicted octanol–water partition coefficient (Wildman–Crippen LogP) is 4.20. The summed E-state index contributed by atoms with van der Waals surface area (Å²) in [5.41, 5.74) is 4.38. The number of benzene rings is 2. The maximum absolute atomic E-state index is 9.76. The van der Waals surface area contributed by atoms with Crippen LogP contribution in [0.4, 0.5) is 0 Å². The smallest absolute Gasteiger partial charge is 0.116 e.